The third-order valence-electron chi connectivity index (χ3n) is 4.16. The molecule has 2 saturated carbocycles. The lowest BCUT2D eigenvalue weighted by Crippen LogP contribution is -2.46. The lowest BCUT2D eigenvalue weighted by molar-refractivity contribution is -0.142. The maximum absolute atomic E-state index is 11.8. The maximum atomic E-state index is 11.8. The van der Waals surface area contributed by atoms with Gasteiger partial charge in [-0.1, -0.05) is 13.8 Å². The van der Waals surface area contributed by atoms with E-state index in [0.29, 0.717) is 6.42 Å². The van der Waals surface area contributed by atoms with Gasteiger partial charge in [0.2, 0.25) is 11.8 Å². The number of aliphatic carboxylic acids is 1. The summed E-state index contributed by atoms with van der Waals surface area (Å²) in [7, 11) is 0. The fourth-order valence-electron chi connectivity index (χ4n) is 2.66. The van der Waals surface area contributed by atoms with Crippen LogP contribution in [0.25, 0.3) is 0 Å². The molecule has 0 aromatic rings. The van der Waals surface area contributed by atoms with Gasteiger partial charge < -0.3 is 15.7 Å². The molecule has 0 heterocycles. The summed E-state index contributed by atoms with van der Waals surface area (Å²) in [5.74, 6) is -1.32. The minimum absolute atomic E-state index is 0.0706. The Kier molecular flexibility index (Phi) is 4.01. The van der Waals surface area contributed by atoms with Crippen molar-refractivity contribution in [2.45, 2.75) is 45.6 Å². The molecule has 2 rings (SSSR count). The Hall–Kier alpha value is -1.59. The summed E-state index contributed by atoms with van der Waals surface area (Å²) in [6, 6.07) is -0.893. The van der Waals surface area contributed by atoms with Crippen molar-refractivity contribution in [1.29, 1.82) is 0 Å². The molecule has 0 bridgehead atoms. The van der Waals surface area contributed by atoms with Crippen LogP contribution in [0.3, 0.4) is 0 Å². The minimum Gasteiger partial charge on any atom is -0.480 e. The zero-order valence-corrected chi connectivity index (χ0v) is 11.9. The number of carbonyl (C=O) groups is 3. The SMILES string of the molecule is CC(C)C[C@H](NC(=O)CNC(=O)C1CC12CC2)C(=O)O. The van der Waals surface area contributed by atoms with Crippen LogP contribution < -0.4 is 10.6 Å². The molecule has 3 N–H and O–H groups in total. The van der Waals surface area contributed by atoms with Gasteiger partial charge >= 0.3 is 5.97 Å². The Morgan fingerprint density at radius 2 is 1.95 bits per heavy atom. The number of hydrogen-bond donors (Lipinski definition) is 3. The first-order valence-electron chi connectivity index (χ1n) is 7.14. The van der Waals surface area contributed by atoms with Crippen molar-refractivity contribution in [1.82, 2.24) is 10.6 Å². The largest absolute Gasteiger partial charge is 0.480 e. The Bertz CT molecular complexity index is 429. The topological polar surface area (TPSA) is 95.5 Å². The number of amides is 2. The molecule has 2 amide bonds. The average Bonchev–Trinajstić information content (AvgIpc) is 3.26. The molecule has 0 aromatic heterocycles. The van der Waals surface area contributed by atoms with Crippen LogP contribution in [0, 0.1) is 17.3 Å². The standard InChI is InChI=1S/C14H22N2O4/c1-8(2)5-10(13(19)20)16-11(17)7-15-12(18)9-6-14(9)3-4-14/h8-10H,3-7H2,1-2H3,(H,15,18)(H,16,17)(H,19,20)/t9?,10-/m0/s1. The van der Waals surface area contributed by atoms with E-state index in [9.17, 15) is 14.4 Å². The molecule has 112 valence electrons. The van der Waals surface area contributed by atoms with Gasteiger partial charge in [-0.15, -0.1) is 0 Å². The van der Waals surface area contributed by atoms with E-state index < -0.39 is 17.9 Å². The van der Waals surface area contributed by atoms with Crippen LogP contribution in [0.4, 0.5) is 0 Å². The Labute approximate surface area is 118 Å². The third kappa shape index (κ3) is 3.49. The first-order chi connectivity index (χ1) is 9.34. The van der Waals surface area contributed by atoms with Crippen LogP contribution in [0.2, 0.25) is 0 Å². The summed E-state index contributed by atoms with van der Waals surface area (Å²) >= 11 is 0. The molecular weight excluding hydrogens is 260 g/mol. The fourth-order valence-corrected chi connectivity index (χ4v) is 2.66. The molecule has 20 heavy (non-hydrogen) atoms. The lowest BCUT2D eigenvalue weighted by Gasteiger charge is -2.16. The van der Waals surface area contributed by atoms with Gasteiger partial charge in [0, 0.05) is 5.92 Å². The van der Waals surface area contributed by atoms with Crippen LogP contribution in [0.5, 0.6) is 0 Å². The highest BCUT2D eigenvalue weighted by Gasteiger charge is 2.65. The second-order valence-corrected chi connectivity index (χ2v) is 6.42. The number of carboxylic acid groups (broad SMARTS) is 1. The Morgan fingerprint density at radius 3 is 2.40 bits per heavy atom. The number of rotatable bonds is 7. The van der Waals surface area contributed by atoms with Crippen LogP contribution in [0.15, 0.2) is 0 Å². The van der Waals surface area contributed by atoms with Crippen molar-refractivity contribution in [3.05, 3.63) is 0 Å². The molecule has 6 nitrogen and oxygen atoms in total. The van der Waals surface area contributed by atoms with E-state index in [2.05, 4.69) is 10.6 Å². The quantitative estimate of drug-likeness (QED) is 0.634. The molecule has 2 fully saturated rings. The first kappa shape index (κ1) is 14.8. The number of nitrogens with one attached hydrogen (secondary N) is 2. The van der Waals surface area contributed by atoms with Crippen LogP contribution >= 0.6 is 0 Å². The molecule has 0 aliphatic heterocycles. The summed E-state index contributed by atoms with van der Waals surface area (Å²) in [6.45, 7) is 3.64. The zero-order chi connectivity index (χ0) is 14.9. The molecule has 0 aromatic carbocycles. The molecule has 6 heteroatoms. The van der Waals surface area contributed by atoms with Gasteiger partial charge in [0.25, 0.3) is 0 Å². The number of carbonyl (C=O) groups excluding carboxylic acids is 2. The minimum atomic E-state index is -1.04. The van der Waals surface area contributed by atoms with E-state index in [1.54, 1.807) is 0 Å². The van der Waals surface area contributed by atoms with Gasteiger partial charge in [0.05, 0.1) is 6.54 Å². The summed E-state index contributed by atoms with van der Waals surface area (Å²) in [5, 5.41) is 14.1. The normalized spacial score (nSPS) is 23.2. The maximum Gasteiger partial charge on any atom is 0.326 e. The van der Waals surface area contributed by atoms with Crippen molar-refractivity contribution in [2.24, 2.45) is 17.3 Å². The van der Waals surface area contributed by atoms with E-state index in [1.165, 1.54) is 0 Å². The van der Waals surface area contributed by atoms with E-state index in [-0.39, 0.29) is 29.7 Å². The van der Waals surface area contributed by atoms with Crippen molar-refractivity contribution in [2.75, 3.05) is 6.54 Å². The average molecular weight is 282 g/mol. The molecular formula is C14H22N2O4. The smallest absolute Gasteiger partial charge is 0.326 e. The third-order valence-corrected chi connectivity index (χ3v) is 4.16. The highest BCUT2D eigenvalue weighted by Crippen LogP contribution is 2.70. The van der Waals surface area contributed by atoms with Crippen LogP contribution in [-0.4, -0.2) is 35.5 Å². The molecule has 2 aliphatic rings. The lowest BCUT2D eigenvalue weighted by atomic mass is 10.0. The van der Waals surface area contributed by atoms with Crippen molar-refractivity contribution in [3.63, 3.8) is 0 Å². The number of carboxylic acids is 1. The number of hydrogen-bond acceptors (Lipinski definition) is 3. The summed E-state index contributed by atoms with van der Waals surface area (Å²) in [5.41, 5.74) is 0.266. The van der Waals surface area contributed by atoms with E-state index in [0.717, 1.165) is 19.3 Å². The summed E-state index contributed by atoms with van der Waals surface area (Å²) in [4.78, 5) is 34.4. The zero-order valence-electron chi connectivity index (χ0n) is 11.9. The Balaban J connectivity index is 1.70. The molecule has 0 radical (unpaired) electrons. The van der Waals surface area contributed by atoms with Crippen LogP contribution in [0.1, 0.15) is 39.5 Å². The van der Waals surface area contributed by atoms with E-state index in [1.807, 2.05) is 13.8 Å². The predicted molar refractivity (Wildman–Crippen MR) is 71.8 cm³/mol. The monoisotopic (exact) mass is 282 g/mol. The molecule has 1 spiro atoms. The molecule has 2 atom stereocenters. The second kappa shape index (κ2) is 5.42. The van der Waals surface area contributed by atoms with Crippen molar-refractivity contribution in [3.8, 4) is 0 Å². The molecule has 1 unspecified atom stereocenters. The van der Waals surface area contributed by atoms with Gasteiger partial charge in [-0.3, -0.25) is 9.59 Å². The van der Waals surface area contributed by atoms with Gasteiger partial charge in [-0.25, -0.2) is 4.79 Å². The van der Waals surface area contributed by atoms with E-state index in [4.69, 9.17) is 5.11 Å². The van der Waals surface area contributed by atoms with Gasteiger partial charge in [0.1, 0.15) is 6.04 Å². The second-order valence-electron chi connectivity index (χ2n) is 6.42. The first-order valence-corrected chi connectivity index (χ1v) is 7.14. The van der Waals surface area contributed by atoms with Gasteiger partial charge in [-0.05, 0) is 37.0 Å². The van der Waals surface area contributed by atoms with Crippen molar-refractivity contribution < 1.29 is 19.5 Å². The van der Waals surface area contributed by atoms with E-state index >= 15 is 0 Å². The Morgan fingerprint density at radius 1 is 1.30 bits per heavy atom. The highest BCUT2D eigenvalue weighted by molar-refractivity contribution is 5.90. The van der Waals surface area contributed by atoms with Crippen LogP contribution in [-0.2, 0) is 14.4 Å². The highest BCUT2D eigenvalue weighted by atomic mass is 16.4. The predicted octanol–water partition coefficient (Wildman–Crippen LogP) is 0.518. The van der Waals surface area contributed by atoms with Crippen molar-refractivity contribution >= 4 is 17.8 Å². The summed E-state index contributed by atoms with van der Waals surface area (Å²) in [6.07, 6.45) is 3.55. The fraction of sp³-hybridized carbons (Fsp3) is 0.786. The molecule has 0 saturated heterocycles. The van der Waals surface area contributed by atoms with Gasteiger partial charge in [0.15, 0.2) is 0 Å². The van der Waals surface area contributed by atoms with Gasteiger partial charge in [-0.2, -0.15) is 0 Å². The summed E-state index contributed by atoms with van der Waals surface area (Å²) < 4.78 is 0. The molecule has 2 aliphatic carbocycles.